The summed E-state index contributed by atoms with van der Waals surface area (Å²) in [6.45, 7) is 5.90. The summed E-state index contributed by atoms with van der Waals surface area (Å²) in [4.78, 5) is 22.3. The molecule has 0 unspecified atom stereocenters. The van der Waals surface area contributed by atoms with Crippen LogP contribution >= 0.6 is 0 Å². The zero-order chi connectivity index (χ0) is 13.9. The first-order valence-corrected chi connectivity index (χ1v) is 5.99. The zero-order valence-corrected chi connectivity index (χ0v) is 10.9. The second kappa shape index (κ2) is 5.67. The van der Waals surface area contributed by atoms with Gasteiger partial charge in [-0.2, -0.15) is 0 Å². The van der Waals surface area contributed by atoms with Crippen molar-refractivity contribution in [3.8, 4) is 0 Å². The normalized spacial score (nSPS) is 10.7. The molecular formula is C14H18O4. The largest absolute Gasteiger partial charge is 0.478 e. The van der Waals surface area contributed by atoms with Gasteiger partial charge in [0, 0.05) is 0 Å². The fourth-order valence-corrected chi connectivity index (χ4v) is 2.06. The van der Waals surface area contributed by atoms with Gasteiger partial charge >= 0.3 is 11.9 Å². The Labute approximate surface area is 106 Å². The van der Waals surface area contributed by atoms with E-state index >= 15 is 0 Å². The molecule has 0 saturated heterocycles. The van der Waals surface area contributed by atoms with E-state index in [0.29, 0.717) is 17.9 Å². The SMILES string of the molecule is CCc1cc(CC(C)C)cc(C(=O)O)c1C(=O)O. The number of aromatic carboxylic acids is 2. The molecule has 1 rings (SSSR count). The van der Waals surface area contributed by atoms with Crippen LogP contribution in [-0.2, 0) is 12.8 Å². The molecule has 4 heteroatoms. The highest BCUT2D eigenvalue weighted by atomic mass is 16.4. The fourth-order valence-electron chi connectivity index (χ4n) is 2.06. The van der Waals surface area contributed by atoms with E-state index in [1.807, 2.05) is 20.8 Å². The number of hydrogen-bond donors (Lipinski definition) is 2. The van der Waals surface area contributed by atoms with Gasteiger partial charge in [0.05, 0.1) is 11.1 Å². The minimum atomic E-state index is -1.19. The monoisotopic (exact) mass is 250 g/mol. The van der Waals surface area contributed by atoms with Crippen LogP contribution in [0.25, 0.3) is 0 Å². The maximum atomic E-state index is 11.2. The highest BCUT2D eigenvalue weighted by Gasteiger charge is 2.20. The smallest absolute Gasteiger partial charge is 0.336 e. The van der Waals surface area contributed by atoms with Gasteiger partial charge in [0.1, 0.15) is 0 Å². The Morgan fingerprint density at radius 2 is 1.78 bits per heavy atom. The van der Waals surface area contributed by atoms with E-state index in [-0.39, 0.29) is 11.1 Å². The molecule has 0 radical (unpaired) electrons. The molecule has 0 aliphatic rings. The van der Waals surface area contributed by atoms with E-state index < -0.39 is 11.9 Å². The van der Waals surface area contributed by atoms with Crippen LogP contribution < -0.4 is 0 Å². The van der Waals surface area contributed by atoms with Crippen LogP contribution in [0.4, 0.5) is 0 Å². The van der Waals surface area contributed by atoms with Gasteiger partial charge in [-0.3, -0.25) is 0 Å². The van der Waals surface area contributed by atoms with E-state index in [0.717, 1.165) is 12.0 Å². The second-order valence-electron chi connectivity index (χ2n) is 4.74. The van der Waals surface area contributed by atoms with Gasteiger partial charge in [-0.05, 0) is 36.0 Å². The topological polar surface area (TPSA) is 74.6 Å². The number of aryl methyl sites for hydroxylation is 1. The Hall–Kier alpha value is -1.84. The lowest BCUT2D eigenvalue weighted by molar-refractivity contribution is 0.0650. The molecule has 4 nitrogen and oxygen atoms in total. The number of benzene rings is 1. The van der Waals surface area contributed by atoms with Crippen LogP contribution in [0.1, 0.15) is 52.6 Å². The lowest BCUT2D eigenvalue weighted by atomic mass is 9.92. The highest BCUT2D eigenvalue weighted by Crippen LogP contribution is 2.21. The Balaban J connectivity index is 3.43. The van der Waals surface area contributed by atoms with Gasteiger partial charge in [0.15, 0.2) is 0 Å². The van der Waals surface area contributed by atoms with Crippen molar-refractivity contribution < 1.29 is 19.8 Å². The Bertz CT molecular complexity index is 475. The second-order valence-corrected chi connectivity index (χ2v) is 4.74. The summed E-state index contributed by atoms with van der Waals surface area (Å²) in [6.07, 6.45) is 1.25. The van der Waals surface area contributed by atoms with Crippen molar-refractivity contribution in [2.45, 2.75) is 33.6 Å². The standard InChI is InChI=1S/C14H18O4/c1-4-10-6-9(5-8(2)3)7-11(13(15)16)12(10)14(17)18/h6-8H,4-5H2,1-3H3,(H,15,16)(H,17,18). The quantitative estimate of drug-likeness (QED) is 0.842. The van der Waals surface area contributed by atoms with Crippen molar-refractivity contribution in [2.75, 3.05) is 0 Å². The third-order valence-corrected chi connectivity index (χ3v) is 2.75. The van der Waals surface area contributed by atoms with Crippen molar-refractivity contribution >= 4 is 11.9 Å². The summed E-state index contributed by atoms with van der Waals surface area (Å²) in [7, 11) is 0. The van der Waals surface area contributed by atoms with Crippen LogP contribution in [0, 0.1) is 5.92 Å². The number of rotatable bonds is 5. The molecule has 0 aromatic heterocycles. The van der Waals surface area contributed by atoms with Crippen molar-refractivity contribution in [3.63, 3.8) is 0 Å². The number of carboxylic acid groups (broad SMARTS) is 2. The first kappa shape index (κ1) is 14.2. The Morgan fingerprint density at radius 3 is 2.17 bits per heavy atom. The van der Waals surface area contributed by atoms with Gasteiger partial charge in [0.25, 0.3) is 0 Å². The van der Waals surface area contributed by atoms with E-state index in [9.17, 15) is 9.59 Å². The number of carboxylic acids is 2. The van der Waals surface area contributed by atoms with Gasteiger partial charge in [-0.1, -0.05) is 26.8 Å². The van der Waals surface area contributed by atoms with Gasteiger partial charge in [-0.25, -0.2) is 9.59 Å². The lowest BCUT2D eigenvalue weighted by Crippen LogP contribution is -2.13. The van der Waals surface area contributed by atoms with Crippen LogP contribution in [0.2, 0.25) is 0 Å². The molecule has 0 spiro atoms. The van der Waals surface area contributed by atoms with E-state index in [1.54, 1.807) is 6.07 Å². The minimum Gasteiger partial charge on any atom is -0.478 e. The average Bonchev–Trinajstić information content (AvgIpc) is 2.26. The van der Waals surface area contributed by atoms with Gasteiger partial charge in [0.2, 0.25) is 0 Å². The van der Waals surface area contributed by atoms with Crippen molar-refractivity contribution in [3.05, 3.63) is 34.4 Å². The number of carbonyl (C=O) groups is 2. The first-order chi connectivity index (χ1) is 8.36. The predicted octanol–water partition coefficient (Wildman–Crippen LogP) is 2.84. The molecule has 0 heterocycles. The summed E-state index contributed by atoms with van der Waals surface area (Å²) in [5, 5.41) is 18.3. The molecule has 0 amide bonds. The molecule has 0 aliphatic heterocycles. The summed E-state index contributed by atoms with van der Waals surface area (Å²) in [6, 6.07) is 3.28. The summed E-state index contributed by atoms with van der Waals surface area (Å²) in [5.74, 6) is -1.97. The lowest BCUT2D eigenvalue weighted by Gasteiger charge is -2.12. The molecule has 1 aromatic carbocycles. The minimum absolute atomic E-state index is 0.0856. The van der Waals surface area contributed by atoms with Crippen LogP contribution in [0.3, 0.4) is 0 Å². The Kier molecular flexibility index (Phi) is 4.48. The summed E-state index contributed by atoms with van der Waals surface area (Å²) in [5.41, 5.74) is 1.26. The number of hydrogen-bond acceptors (Lipinski definition) is 2. The fraction of sp³-hybridized carbons (Fsp3) is 0.429. The van der Waals surface area contributed by atoms with Crippen molar-refractivity contribution in [2.24, 2.45) is 5.92 Å². The highest BCUT2D eigenvalue weighted by molar-refractivity contribution is 6.03. The molecule has 0 saturated carbocycles. The molecule has 1 aromatic rings. The van der Waals surface area contributed by atoms with Crippen molar-refractivity contribution in [1.29, 1.82) is 0 Å². The molecule has 0 fully saturated rings. The molecule has 98 valence electrons. The Morgan fingerprint density at radius 1 is 1.17 bits per heavy atom. The maximum absolute atomic E-state index is 11.2. The molecule has 0 atom stereocenters. The average molecular weight is 250 g/mol. The summed E-state index contributed by atoms with van der Waals surface area (Å²) < 4.78 is 0. The molecule has 0 bridgehead atoms. The van der Waals surface area contributed by atoms with Crippen molar-refractivity contribution in [1.82, 2.24) is 0 Å². The van der Waals surface area contributed by atoms with Crippen LogP contribution in [-0.4, -0.2) is 22.2 Å². The van der Waals surface area contributed by atoms with E-state index in [4.69, 9.17) is 10.2 Å². The van der Waals surface area contributed by atoms with Gasteiger partial charge < -0.3 is 10.2 Å². The maximum Gasteiger partial charge on any atom is 0.336 e. The molecule has 2 N–H and O–H groups in total. The molecule has 18 heavy (non-hydrogen) atoms. The molecular weight excluding hydrogens is 232 g/mol. The van der Waals surface area contributed by atoms with E-state index in [1.165, 1.54) is 6.07 Å². The first-order valence-electron chi connectivity index (χ1n) is 5.99. The van der Waals surface area contributed by atoms with Crippen LogP contribution in [0.15, 0.2) is 12.1 Å². The summed E-state index contributed by atoms with van der Waals surface area (Å²) >= 11 is 0. The molecule has 0 aliphatic carbocycles. The zero-order valence-electron chi connectivity index (χ0n) is 10.9. The van der Waals surface area contributed by atoms with E-state index in [2.05, 4.69) is 0 Å². The van der Waals surface area contributed by atoms with Gasteiger partial charge in [-0.15, -0.1) is 0 Å². The third-order valence-electron chi connectivity index (χ3n) is 2.75. The van der Waals surface area contributed by atoms with Crippen LogP contribution in [0.5, 0.6) is 0 Å². The predicted molar refractivity (Wildman–Crippen MR) is 68.3 cm³/mol. The third kappa shape index (κ3) is 3.09.